The summed E-state index contributed by atoms with van der Waals surface area (Å²) in [5.41, 5.74) is -0.822. The molecular formula is C31H24F3N3O6. The average Bonchev–Trinajstić information content (AvgIpc) is 3.26. The van der Waals surface area contributed by atoms with E-state index >= 15 is 0 Å². The Bertz CT molecular complexity index is 1850. The summed E-state index contributed by atoms with van der Waals surface area (Å²) in [7, 11) is 0.989. The Balaban J connectivity index is 1.54. The molecule has 0 fully saturated rings. The first-order chi connectivity index (χ1) is 20.4. The highest BCUT2D eigenvalue weighted by Crippen LogP contribution is 2.45. The van der Waals surface area contributed by atoms with Crippen molar-refractivity contribution < 1.29 is 42.8 Å². The molecule has 3 N–H and O–H groups in total. The third-order valence-electron chi connectivity index (χ3n) is 7.07. The van der Waals surface area contributed by atoms with Gasteiger partial charge in [0.15, 0.2) is 17.0 Å². The quantitative estimate of drug-likeness (QED) is 0.0988. The largest absolute Gasteiger partial charge is 0.511 e. The van der Waals surface area contributed by atoms with Gasteiger partial charge in [0.1, 0.15) is 11.4 Å². The number of methoxy groups -OCH3 is 1. The molecule has 1 aromatic heterocycles. The fourth-order valence-electron chi connectivity index (χ4n) is 4.67. The Labute approximate surface area is 242 Å². The lowest BCUT2D eigenvalue weighted by Gasteiger charge is -2.31. The molecule has 0 spiro atoms. The first kappa shape index (κ1) is 29.1. The molecule has 0 aliphatic heterocycles. The molecule has 0 aliphatic rings. The molecule has 1 atom stereocenters. The van der Waals surface area contributed by atoms with E-state index in [1.807, 2.05) is 0 Å². The summed E-state index contributed by atoms with van der Waals surface area (Å²) in [4.78, 5) is 10.9. The number of aromatic nitrogens is 1. The van der Waals surface area contributed by atoms with Gasteiger partial charge in [-0.2, -0.15) is 13.2 Å². The molecule has 0 amide bonds. The number of aromatic hydroxyl groups is 2. The number of carboxylic acid groups (broad SMARTS) is 1. The zero-order chi connectivity index (χ0) is 30.9. The van der Waals surface area contributed by atoms with Crippen molar-refractivity contribution in [3.05, 3.63) is 96.6 Å². The fraction of sp³-hybridized carbons (Fsp3) is 0.129. The standard InChI is InChI=1S/C31H24F3N3O6/c1-30(42-2,31(32,33)34)19-13-15-20(16-14-19)37-25-12-4-3-9-23(25)26(28(37)39)36-35-24-11-6-10-22(27(24)38)18-7-5-8-21(17-18)43-29(40)41/h3-17,38-39H,1-2H3,(H,40,41). The number of halogens is 3. The van der Waals surface area contributed by atoms with E-state index in [1.165, 1.54) is 47.0 Å². The van der Waals surface area contributed by atoms with Gasteiger partial charge in [-0.25, -0.2) is 4.79 Å². The van der Waals surface area contributed by atoms with Crippen LogP contribution in [-0.2, 0) is 10.3 Å². The van der Waals surface area contributed by atoms with Gasteiger partial charge in [0.05, 0.1) is 5.52 Å². The van der Waals surface area contributed by atoms with Crippen LogP contribution in [0.3, 0.4) is 0 Å². The van der Waals surface area contributed by atoms with E-state index < -0.39 is 17.9 Å². The second-order valence-corrected chi connectivity index (χ2v) is 9.58. The number of nitrogens with zero attached hydrogens (tertiary/aromatic N) is 3. The van der Waals surface area contributed by atoms with Gasteiger partial charge in [0.25, 0.3) is 0 Å². The summed E-state index contributed by atoms with van der Waals surface area (Å²) >= 11 is 0. The van der Waals surface area contributed by atoms with Crippen molar-refractivity contribution in [3.8, 4) is 34.2 Å². The predicted octanol–water partition coefficient (Wildman–Crippen LogP) is 8.60. The number of para-hydroxylation sites is 2. The number of rotatable bonds is 7. The van der Waals surface area contributed by atoms with Crippen LogP contribution in [-0.4, -0.2) is 39.3 Å². The molecule has 0 bridgehead atoms. The third kappa shape index (κ3) is 5.35. The van der Waals surface area contributed by atoms with Crippen LogP contribution in [0.4, 0.5) is 29.3 Å². The van der Waals surface area contributed by atoms with E-state index in [1.54, 1.807) is 48.5 Å². The normalized spacial score (nSPS) is 13.3. The maximum Gasteiger partial charge on any atom is 0.511 e. The van der Waals surface area contributed by atoms with E-state index in [-0.39, 0.29) is 34.3 Å². The molecule has 43 heavy (non-hydrogen) atoms. The van der Waals surface area contributed by atoms with Crippen LogP contribution in [0.1, 0.15) is 12.5 Å². The monoisotopic (exact) mass is 591 g/mol. The molecule has 4 aromatic carbocycles. The first-order valence-corrected chi connectivity index (χ1v) is 12.7. The average molecular weight is 592 g/mol. The topological polar surface area (TPSA) is 126 Å². The van der Waals surface area contributed by atoms with Gasteiger partial charge in [-0.05, 0) is 54.4 Å². The maximum atomic E-state index is 13.7. The first-order valence-electron chi connectivity index (χ1n) is 12.7. The minimum atomic E-state index is -4.66. The molecule has 0 saturated heterocycles. The molecule has 0 aliphatic carbocycles. The number of benzene rings is 4. The van der Waals surface area contributed by atoms with Crippen molar-refractivity contribution in [1.82, 2.24) is 4.57 Å². The van der Waals surface area contributed by atoms with Crippen molar-refractivity contribution in [2.45, 2.75) is 18.7 Å². The summed E-state index contributed by atoms with van der Waals surface area (Å²) in [6.45, 7) is 0.938. The van der Waals surface area contributed by atoms with Crippen molar-refractivity contribution in [2.75, 3.05) is 7.11 Å². The van der Waals surface area contributed by atoms with Crippen LogP contribution < -0.4 is 4.74 Å². The molecular weight excluding hydrogens is 567 g/mol. The Morgan fingerprint density at radius 1 is 0.884 bits per heavy atom. The van der Waals surface area contributed by atoms with Crippen molar-refractivity contribution in [1.29, 1.82) is 0 Å². The van der Waals surface area contributed by atoms with Crippen LogP contribution in [0.25, 0.3) is 27.7 Å². The second kappa shape index (κ2) is 11.1. The predicted molar refractivity (Wildman–Crippen MR) is 152 cm³/mol. The summed E-state index contributed by atoms with van der Waals surface area (Å²) in [6.07, 6.45) is -6.13. The van der Waals surface area contributed by atoms with Gasteiger partial charge in [0.2, 0.25) is 5.88 Å². The van der Waals surface area contributed by atoms with Gasteiger partial charge in [0, 0.05) is 23.7 Å². The zero-order valence-electron chi connectivity index (χ0n) is 22.7. The Morgan fingerprint density at radius 3 is 2.26 bits per heavy atom. The smallest absolute Gasteiger partial charge is 0.505 e. The minimum absolute atomic E-state index is 0.0625. The molecule has 1 unspecified atom stereocenters. The van der Waals surface area contributed by atoms with E-state index in [2.05, 4.69) is 10.2 Å². The summed E-state index contributed by atoms with van der Waals surface area (Å²) in [6, 6.07) is 23.1. The summed E-state index contributed by atoms with van der Waals surface area (Å²) < 4.78 is 52.0. The van der Waals surface area contributed by atoms with Gasteiger partial charge in [-0.1, -0.05) is 54.6 Å². The number of fused-ring (bicyclic) bond motifs is 1. The Hall–Kier alpha value is -5.36. The van der Waals surface area contributed by atoms with Crippen LogP contribution in [0.15, 0.2) is 101 Å². The van der Waals surface area contributed by atoms with Crippen molar-refractivity contribution in [2.24, 2.45) is 10.2 Å². The van der Waals surface area contributed by atoms with Crippen molar-refractivity contribution >= 4 is 28.4 Å². The maximum absolute atomic E-state index is 13.7. The van der Waals surface area contributed by atoms with E-state index in [4.69, 9.17) is 14.6 Å². The second-order valence-electron chi connectivity index (χ2n) is 9.58. The number of alkyl halides is 3. The van der Waals surface area contributed by atoms with Gasteiger partial charge < -0.3 is 24.8 Å². The van der Waals surface area contributed by atoms with Gasteiger partial charge in [-0.3, -0.25) is 4.57 Å². The molecule has 5 aromatic rings. The molecule has 5 rings (SSSR count). The lowest BCUT2D eigenvalue weighted by Crippen LogP contribution is -2.41. The van der Waals surface area contributed by atoms with E-state index in [9.17, 15) is 28.2 Å². The van der Waals surface area contributed by atoms with Crippen LogP contribution >= 0.6 is 0 Å². The zero-order valence-corrected chi connectivity index (χ0v) is 22.7. The highest BCUT2D eigenvalue weighted by atomic mass is 19.4. The van der Waals surface area contributed by atoms with Gasteiger partial charge >= 0.3 is 12.3 Å². The number of azo groups is 1. The number of hydrogen-bond acceptors (Lipinski definition) is 7. The molecule has 0 saturated carbocycles. The highest BCUT2D eigenvalue weighted by Gasteiger charge is 2.53. The van der Waals surface area contributed by atoms with Gasteiger partial charge in [-0.15, -0.1) is 10.2 Å². The van der Waals surface area contributed by atoms with Crippen molar-refractivity contribution in [3.63, 3.8) is 0 Å². The molecule has 12 heteroatoms. The lowest BCUT2D eigenvalue weighted by atomic mass is 9.95. The third-order valence-corrected chi connectivity index (χ3v) is 7.07. The number of phenolic OH excluding ortho intramolecular Hbond substituents is 1. The SMILES string of the molecule is COC(C)(c1ccc(-n2c(O)c(N=Nc3cccc(-c4cccc(OC(=O)O)c4)c3O)c3ccccc32)cc1)C(F)(F)F. The number of hydrogen-bond donors (Lipinski definition) is 3. The van der Waals surface area contributed by atoms with Crippen LogP contribution in [0, 0.1) is 0 Å². The molecule has 220 valence electrons. The minimum Gasteiger partial charge on any atom is -0.505 e. The van der Waals surface area contributed by atoms with E-state index in [0.29, 0.717) is 27.7 Å². The Kier molecular flexibility index (Phi) is 7.55. The fourth-order valence-corrected chi connectivity index (χ4v) is 4.67. The number of phenols is 1. The van der Waals surface area contributed by atoms with Crippen LogP contribution in [0.2, 0.25) is 0 Å². The number of ether oxygens (including phenoxy) is 2. The highest BCUT2D eigenvalue weighted by molar-refractivity contribution is 5.96. The summed E-state index contributed by atoms with van der Waals surface area (Å²) in [5, 5.41) is 40.0. The van der Waals surface area contributed by atoms with E-state index in [0.717, 1.165) is 14.0 Å². The summed E-state index contributed by atoms with van der Waals surface area (Å²) in [5.74, 6) is -0.506. The Morgan fingerprint density at radius 2 is 1.58 bits per heavy atom. The molecule has 1 heterocycles. The number of carbonyl (C=O) groups is 1. The lowest BCUT2D eigenvalue weighted by molar-refractivity contribution is -0.269. The molecule has 9 nitrogen and oxygen atoms in total. The van der Waals surface area contributed by atoms with Crippen LogP contribution in [0.5, 0.6) is 17.4 Å². The molecule has 0 radical (unpaired) electrons.